The number of halogens is 1. The number of urea groups is 1. The number of hydrazone groups is 1. The van der Waals surface area contributed by atoms with Gasteiger partial charge in [-0.25, -0.2) is 13.8 Å². The Hall–Kier alpha value is -3.43. The zero-order valence-corrected chi connectivity index (χ0v) is 16.5. The van der Waals surface area contributed by atoms with Crippen LogP contribution < -0.4 is 0 Å². The van der Waals surface area contributed by atoms with E-state index in [4.69, 9.17) is 0 Å². The van der Waals surface area contributed by atoms with E-state index < -0.39 is 17.9 Å². The maximum atomic E-state index is 13.1. The molecule has 1 aromatic carbocycles. The van der Waals surface area contributed by atoms with E-state index in [-0.39, 0.29) is 24.3 Å². The number of carbonyl (C=O) groups excluding carboxylic acids is 3. The Morgan fingerprint density at radius 3 is 2.48 bits per heavy atom. The summed E-state index contributed by atoms with van der Waals surface area (Å²) in [5.74, 6) is -0.435. The number of benzene rings is 1. The maximum absolute atomic E-state index is 13.1. The molecule has 3 aliphatic rings. The Morgan fingerprint density at radius 1 is 1.17 bits per heavy atom. The van der Waals surface area contributed by atoms with Crippen molar-refractivity contribution in [2.24, 2.45) is 10.1 Å². The van der Waals surface area contributed by atoms with Crippen LogP contribution in [-0.2, 0) is 4.79 Å². The number of ketones is 1. The fourth-order valence-corrected chi connectivity index (χ4v) is 3.63. The van der Waals surface area contributed by atoms with Crippen LogP contribution in [0.5, 0.6) is 0 Å². The van der Waals surface area contributed by atoms with Crippen molar-refractivity contribution < 1.29 is 23.3 Å². The smallest absolute Gasteiger partial charge is 0.290 e. The first-order valence-corrected chi connectivity index (χ1v) is 9.11. The van der Waals surface area contributed by atoms with Gasteiger partial charge in [-0.15, -0.1) is 10.1 Å². The molecular formula is C19H20FN6O3+. The molecule has 0 spiro atoms. The average Bonchev–Trinajstić information content (AvgIpc) is 3.10. The highest BCUT2D eigenvalue weighted by molar-refractivity contribution is 6.23. The molecule has 1 saturated heterocycles. The third-order valence-electron chi connectivity index (χ3n) is 5.44. The van der Waals surface area contributed by atoms with Crippen LogP contribution in [0, 0.1) is 5.82 Å². The minimum atomic E-state index is -0.762. The summed E-state index contributed by atoms with van der Waals surface area (Å²) in [6, 6.07) is 3.79. The van der Waals surface area contributed by atoms with E-state index >= 15 is 0 Å². The number of rotatable bonds is 3. The van der Waals surface area contributed by atoms with Crippen LogP contribution >= 0.6 is 0 Å². The Labute approximate surface area is 166 Å². The Kier molecular flexibility index (Phi) is 4.29. The number of nitrogens with zero attached hydrogens (tertiary/aromatic N) is 6. The van der Waals surface area contributed by atoms with Gasteiger partial charge in [0.15, 0.2) is 12.3 Å². The van der Waals surface area contributed by atoms with Crippen molar-refractivity contribution in [3.63, 3.8) is 0 Å². The van der Waals surface area contributed by atoms with E-state index in [1.807, 2.05) is 6.92 Å². The van der Waals surface area contributed by atoms with Crippen LogP contribution in [0.2, 0.25) is 0 Å². The minimum absolute atomic E-state index is 0.132. The summed E-state index contributed by atoms with van der Waals surface area (Å²) in [4.78, 5) is 44.7. The summed E-state index contributed by atoms with van der Waals surface area (Å²) in [7, 11) is 2.99. The number of fused-ring (bicyclic) bond motifs is 2. The van der Waals surface area contributed by atoms with Crippen molar-refractivity contribution in [2.45, 2.75) is 25.9 Å². The highest BCUT2D eigenvalue weighted by Gasteiger charge is 2.55. The summed E-state index contributed by atoms with van der Waals surface area (Å²) in [5.41, 5.74) is 1.04. The molecule has 0 aliphatic carbocycles. The van der Waals surface area contributed by atoms with E-state index in [1.54, 1.807) is 18.5 Å². The lowest BCUT2D eigenvalue weighted by Crippen LogP contribution is -2.63. The SMILES string of the molecule is CC1=NN(CC(=O)c2ccc(F)cc2)C2=[N+](C1C)C1C(=O)N(C)C(=O)N(C)C1=N2. The molecule has 1 fully saturated rings. The Bertz CT molecular complexity index is 1030. The first-order chi connectivity index (χ1) is 13.7. The van der Waals surface area contributed by atoms with Gasteiger partial charge in [-0.3, -0.25) is 19.4 Å². The number of carbonyl (C=O) groups is 3. The highest BCUT2D eigenvalue weighted by atomic mass is 19.1. The number of hydrogen-bond donors (Lipinski definition) is 0. The number of aliphatic imine (C=N–C) groups is 1. The van der Waals surface area contributed by atoms with Gasteiger partial charge in [0, 0.05) is 19.7 Å². The van der Waals surface area contributed by atoms with Gasteiger partial charge in [0.05, 0.1) is 5.71 Å². The Balaban J connectivity index is 1.71. The molecule has 3 amide bonds. The van der Waals surface area contributed by atoms with Crippen molar-refractivity contribution in [2.75, 3.05) is 20.6 Å². The molecule has 29 heavy (non-hydrogen) atoms. The number of guanidine groups is 1. The highest BCUT2D eigenvalue weighted by Crippen LogP contribution is 2.25. The van der Waals surface area contributed by atoms with Crippen molar-refractivity contribution in [1.82, 2.24) is 14.8 Å². The number of imide groups is 1. The quantitative estimate of drug-likeness (QED) is 0.555. The number of amidine groups is 1. The van der Waals surface area contributed by atoms with Gasteiger partial charge in [0.25, 0.3) is 5.91 Å². The van der Waals surface area contributed by atoms with Crippen LogP contribution in [0.3, 0.4) is 0 Å². The predicted octanol–water partition coefficient (Wildman–Crippen LogP) is 0.761. The number of amides is 3. The number of hydrogen-bond acceptors (Lipinski definition) is 6. The lowest BCUT2D eigenvalue weighted by molar-refractivity contribution is -0.558. The molecule has 4 rings (SSSR count). The summed E-state index contributed by atoms with van der Waals surface area (Å²) in [5, 5.41) is 5.90. The fraction of sp³-hybridized carbons (Fsp3) is 0.368. The summed E-state index contributed by atoms with van der Waals surface area (Å²) >= 11 is 0. The molecular weight excluding hydrogens is 379 g/mol. The van der Waals surface area contributed by atoms with Gasteiger partial charge in [-0.1, -0.05) is 4.99 Å². The van der Waals surface area contributed by atoms with Gasteiger partial charge in [-0.2, -0.15) is 0 Å². The summed E-state index contributed by atoms with van der Waals surface area (Å²) in [6.07, 6.45) is 0. The van der Waals surface area contributed by atoms with Crippen molar-refractivity contribution in [1.29, 1.82) is 0 Å². The lowest BCUT2D eigenvalue weighted by atomic mass is 10.1. The summed E-state index contributed by atoms with van der Waals surface area (Å²) in [6.45, 7) is 3.56. The van der Waals surface area contributed by atoms with Gasteiger partial charge < -0.3 is 0 Å². The minimum Gasteiger partial charge on any atom is -0.290 e. The predicted molar refractivity (Wildman–Crippen MR) is 102 cm³/mol. The van der Waals surface area contributed by atoms with Crippen LogP contribution in [0.4, 0.5) is 9.18 Å². The topological polar surface area (TPSA) is 88.7 Å². The van der Waals surface area contributed by atoms with Crippen molar-refractivity contribution in [3.05, 3.63) is 35.6 Å². The molecule has 0 aromatic heterocycles. The molecule has 0 N–H and O–H groups in total. The second kappa shape index (κ2) is 6.57. The standard InChI is InChI=1S/C19H20FN6O3/c1-10-11(2)26-15-16(23(3)19(29)24(4)17(15)28)21-18(26)25(22-10)9-14(27)12-5-7-13(20)8-6-12/h5-8,11,15H,9H2,1-4H3/q+1. The molecule has 0 radical (unpaired) electrons. The van der Waals surface area contributed by atoms with Gasteiger partial charge in [0.2, 0.25) is 11.9 Å². The largest absolute Gasteiger partial charge is 0.417 e. The maximum Gasteiger partial charge on any atom is 0.417 e. The van der Waals surface area contributed by atoms with Crippen LogP contribution in [0.15, 0.2) is 34.4 Å². The molecule has 9 nitrogen and oxygen atoms in total. The number of Topliss-reactive ketones (excluding diaryl/α,β-unsaturated/α-hetero) is 1. The van der Waals surface area contributed by atoms with E-state index in [0.717, 1.165) is 4.90 Å². The fourth-order valence-electron chi connectivity index (χ4n) is 3.63. The molecule has 2 atom stereocenters. The van der Waals surface area contributed by atoms with Gasteiger partial charge in [0.1, 0.15) is 11.9 Å². The monoisotopic (exact) mass is 399 g/mol. The van der Waals surface area contributed by atoms with E-state index in [9.17, 15) is 18.8 Å². The molecule has 150 valence electrons. The summed E-state index contributed by atoms with van der Waals surface area (Å²) < 4.78 is 14.9. The van der Waals surface area contributed by atoms with E-state index in [1.165, 1.54) is 41.2 Å². The normalized spacial score (nSPS) is 23.8. The number of likely N-dealkylation sites (N-methyl/N-ethyl adjacent to an activating group) is 2. The molecule has 0 bridgehead atoms. The zero-order chi connectivity index (χ0) is 21.0. The zero-order valence-electron chi connectivity index (χ0n) is 16.5. The third-order valence-corrected chi connectivity index (χ3v) is 5.44. The van der Waals surface area contributed by atoms with E-state index in [2.05, 4.69) is 10.1 Å². The third kappa shape index (κ3) is 2.82. The van der Waals surface area contributed by atoms with E-state index in [0.29, 0.717) is 23.1 Å². The van der Waals surface area contributed by atoms with Gasteiger partial charge in [-0.05, 0) is 38.1 Å². The molecule has 10 heteroatoms. The van der Waals surface area contributed by atoms with Crippen LogP contribution in [0.25, 0.3) is 0 Å². The molecule has 3 aliphatic heterocycles. The lowest BCUT2D eigenvalue weighted by Gasteiger charge is -2.33. The molecule has 1 aromatic rings. The Morgan fingerprint density at radius 2 is 1.83 bits per heavy atom. The first kappa shape index (κ1) is 18.9. The second-order valence-electron chi connectivity index (χ2n) is 7.22. The average molecular weight is 399 g/mol. The van der Waals surface area contributed by atoms with Gasteiger partial charge >= 0.3 is 12.0 Å². The van der Waals surface area contributed by atoms with Crippen LogP contribution in [0.1, 0.15) is 24.2 Å². The first-order valence-electron chi connectivity index (χ1n) is 9.11. The molecule has 2 unspecified atom stereocenters. The molecule has 3 heterocycles. The van der Waals surface area contributed by atoms with Crippen LogP contribution in [-0.4, -0.2) is 87.3 Å². The second-order valence-corrected chi connectivity index (χ2v) is 7.22. The van der Waals surface area contributed by atoms with Crippen molar-refractivity contribution in [3.8, 4) is 0 Å². The van der Waals surface area contributed by atoms with Crippen molar-refractivity contribution >= 4 is 35.2 Å². The molecule has 0 saturated carbocycles.